The summed E-state index contributed by atoms with van der Waals surface area (Å²) in [5.41, 5.74) is 2.32. The smallest absolute Gasteiger partial charge is 0.355 e. The van der Waals surface area contributed by atoms with Crippen molar-refractivity contribution in [2.75, 3.05) is 0 Å². The summed E-state index contributed by atoms with van der Waals surface area (Å²) in [5, 5.41) is 9.67. The van der Waals surface area contributed by atoms with Gasteiger partial charge in [0.05, 0.1) is 0 Å². The molecule has 2 aromatic rings. The Kier molecular flexibility index (Phi) is 3.11. The number of carbonyl (C=O) groups is 1. The van der Waals surface area contributed by atoms with Gasteiger partial charge in [-0.3, -0.25) is 0 Å². The number of aromatic carboxylic acids is 1. The number of pyridine rings is 1. The van der Waals surface area contributed by atoms with Crippen molar-refractivity contribution in [3.63, 3.8) is 0 Å². The number of aromatic nitrogens is 1. The lowest BCUT2D eigenvalue weighted by atomic mass is 10.0. The summed E-state index contributed by atoms with van der Waals surface area (Å²) in [6, 6.07) is 8.87. The van der Waals surface area contributed by atoms with Crippen molar-refractivity contribution in [1.29, 1.82) is 0 Å². The molecule has 0 amide bonds. The highest BCUT2D eigenvalue weighted by Crippen LogP contribution is 2.26. The highest BCUT2D eigenvalue weighted by atomic mass is 35.5. The summed E-state index contributed by atoms with van der Waals surface area (Å²) < 4.78 is 0. The second kappa shape index (κ2) is 4.55. The highest BCUT2D eigenvalue weighted by molar-refractivity contribution is 6.31. The van der Waals surface area contributed by atoms with E-state index >= 15 is 0 Å². The number of aryl methyl sites for hydroxylation is 1. The van der Waals surface area contributed by atoms with Crippen LogP contribution < -0.4 is 0 Å². The van der Waals surface area contributed by atoms with Crippen molar-refractivity contribution in [2.24, 2.45) is 0 Å². The quantitative estimate of drug-likeness (QED) is 0.885. The third-order valence-electron chi connectivity index (χ3n) is 2.49. The number of carboxylic acid groups (broad SMARTS) is 1. The van der Waals surface area contributed by atoms with Crippen molar-refractivity contribution in [2.45, 2.75) is 6.92 Å². The largest absolute Gasteiger partial charge is 0.476 e. The minimum absolute atomic E-state index is 0.0346. The molecule has 17 heavy (non-hydrogen) atoms. The Bertz CT molecular complexity index is 581. The zero-order valence-electron chi connectivity index (χ0n) is 9.14. The average molecular weight is 248 g/mol. The lowest BCUT2D eigenvalue weighted by Crippen LogP contribution is -2.02. The van der Waals surface area contributed by atoms with Gasteiger partial charge in [0.2, 0.25) is 0 Å². The number of carboxylic acids is 1. The van der Waals surface area contributed by atoms with E-state index in [2.05, 4.69) is 4.98 Å². The van der Waals surface area contributed by atoms with Crippen LogP contribution in [-0.4, -0.2) is 16.1 Å². The van der Waals surface area contributed by atoms with Crippen molar-refractivity contribution in [3.8, 4) is 11.1 Å². The first kappa shape index (κ1) is 11.6. The van der Waals surface area contributed by atoms with Crippen molar-refractivity contribution >= 4 is 17.6 Å². The molecule has 0 bridgehead atoms. The zero-order valence-corrected chi connectivity index (χ0v) is 9.90. The molecular formula is C13H10ClNO2. The standard InChI is InChI=1S/C13H10ClNO2/c1-8-4-5-9(7-11(8)14)10-3-2-6-15-12(10)13(16)17/h2-7H,1H3,(H,16,17). The van der Waals surface area contributed by atoms with Crippen molar-refractivity contribution in [3.05, 3.63) is 52.8 Å². The molecule has 4 heteroatoms. The van der Waals surface area contributed by atoms with E-state index in [4.69, 9.17) is 16.7 Å². The molecule has 1 aromatic carbocycles. The molecule has 1 heterocycles. The van der Waals surface area contributed by atoms with Crippen LogP contribution in [0.25, 0.3) is 11.1 Å². The molecule has 0 fully saturated rings. The van der Waals surface area contributed by atoms with E-state index < -0.39 is 5.97 Å². The van der Waals surface area contributed by atoms with E-state index in [0.29, 0.717) is 10.6 Å². The highest BCUT2D eigenvalue weighted by Gasteiger charge is 2.12. The van der Waals surface area contributed by atoms with Gasteiger partial charge in [-0.2, -0.15) is 0 Å². The van der Waals surface area contributed by atoms with Crippen LogP contribution in [0, 0.1) is 6.92 Å². The van der Waals surface area contributed by atoms with Gasteiger partial charge < -0.3 is 5.11 Å². The molecule has 0 aliphatic carbocycles. The average Bonchev–Trinajstić information content (AvgIpc) is 2.32. The van der Waals surface area contributed by atoms with Gasteiger partial charge in [0, 0.05) is 16.8 Å². The second-order valence-electron chi connectivity index (χ2n) is 3.67. The predicted octanol–water partition coefficient (Wildman–Crippen LogP) is 3.41. The molecule has 0 aliphatic rings. The summed E-state index contributed by atoms with van der Waals surface area (Å²) in [7, 11) is 0. The SMILES string of the molecule is Cc1ccc(-c2cccnc2C(=O)O)cc1Cl. The van der Waals surface area contributed by atoms with Crippen LogP contribution in [0.2, 0.25) is 5.02 Å². The maximum absolute atomic E-state index is 11.1. The maximum atomic E-state index is 11.1. The second-order valence-corrected chi connectivity index (χ2v) is 4.08. The van der Waals surface area contributed by atoms with E-state index in [9.17, 15) is 4.79 Å². The minimum atomic E-state index is -1.04. The Morgan fingerprint density at radius 2 is 2.12 bits per heavy atom. The van der Waals surface area contributed by atoms with Gasteiger partial charge in [-0.1, -0.05) is 29.8 Å². The van der Waals surface area contributed by atoms with E-state index in [0.717, 1.165) is 11.1 Å². The molecule has 2 rings (SSSR count). The molecule has 0 aliphatic heterocycles. The fourth-order valence-corrected chi connectivity index (χ4v) is 1.75. The summed E-state index contributed by atoms with van der Waals surface area (Å²) >= 11 is 6.03. The molecule has 86 valence electrons. The Hall–Kier alpha value is -1.87. The minimum Gasteiger partial charge on any atom is -0.476 e. The third-order valence-corrected chi connectivity index (χ3v) is 2.90. The fourth-order valence-electron chi connectivity index (χ4n) is 1.57. The number of hydrogen-bond donors (Lipinski definition) is 1. The summed E-state index contributed by atoms with van der Waals surface area (Å²) in [4.78, 5) is 14.9. The molecule has 1 aromatic heterocycles. The lowest BCUT2D eigenvalue weighted by molar-refractivity contribution is 0.0691. The molecule has 0 saturated carbocycles. The van der Waals surface area contributed by atoms with Crippen LogP contribution in [0.1, 0.15) is 16.1 Å². The molecule has 0 radical (unpaired) electrons. The summed E-state index contributed by atoms with van der Waals surface area (Å²) in [6.45, 7) is 1.90. The van der Waals surface area contributed by atoms with Gasteiger partial charge in [-0.05, 0) is 30.2 Å². The molecule has 1 N–H and O–H groups in total. The van der Waals surface area contributed by atoms with E-state index in [1.54, 1.807) is 18.2 Å². The molecule has 0 spiro atoms. The lowest BCUT2D eigenvalue weighted by Gasteiger charge is -2.06. The molecular weight excluding hydrogens is 238 g/mol. The van der Waals surface area contributed by atoms with Crippen molar-refractivity contribution < 1.29 is 9.90 Å². The van der Waals surface area contributed by atoms with Gasteiger partial charge in [-0.15, -0.1) is 0 Å². The number of benzene rings is 1. The summed E-state index contributed by atoms with van der Waals surface area (Å²) in [6.07, 6.45) is 1.46. The molecule has 0 unspecified atom stereocenters. The number of nitrogens with zero attached hydrogens (tertiary/aromatic N) is 1. The van der Waals surface area contributed by atoms with Crippen LogP contribution in [0.5, 0.6) is 0 Å². The normalized spacial score (nSPS) is 10.2. The van der Waals surface area contributed by atoms with Gasteiger partial charge >= 0.3 is 5.97 Å². The molecule has 3 nitrogen and oxygen atoms in total. The van der Waals surface area contributed by atoms with Crippen LogP contribution in [0.3, 0.4) is 0 Å². The van der Waals surface area contributed by atoms with E-state index in [-0.39, 0.29) is 5.69 Å². The van der Waals surface area contributed by atoms with Crippen LogP contribution in [0.4, 0.5) is 0 Å². The number of halogens is 1. The van der Waals surface area contributed by atoms with E-state index in [1.807, 2.05) is 19.1 Å². The fraction of sp³-hybridized carbons (Fsp3) is 0.0769. The maximum Gasteiger partial charge on any atom is 0.355 e. The topological polar surface area (TPSA) is 50.2 Å². The first-order chi connectivity index (χ1) is 8.09. The van der Waals surface area contributed by atoms with Crippen molar-refractivity contribution in [1.82, 2.24) is 4.98 Å². The van der Waals surface area contributed by atoms with Crippen LogP contribution in [0.15, 0.2) is 36.5 Å². The Morgan fingerprint density at radius 3 is 2.76 bits per heavy atom. The Balaban J connectivity index is 2.60. The monoisotopic (exact) mass is 247 g/mol. The first-order valence-corrected chi connectivity index (χ1v) is 5.42. The van der Waals surface area contributed by atoms with Gasteiger partial charge in [-0.25, -0.2) is 9.78 Å². The number of rotatable bonds is 2. The van der Waals surface area contributed by atoms with E-state index in [1.165, 1.54) is 6.20 Å². The summed E-state index contributed by atoms with van der Waals surface area (Å²) in [5.74, 6) is -1.04. The predicted molar refractivity (Wildman–Crippen MR) is 66.4 cm³/mol. The van der Waals surface area contributed by atoms with Crippen LogP contribution >= 0.6 is 11.6 Å². The van der Waals surface area contributed by atoms with Gasteiger partial charge in [0.25, 0.3) is 0 Å². The third kappa shape index (κ3) is 2.29. The molecule has 0 atom stereocenters. The van der Waals surface area contributed by atoms with Crippen LogP contribution in [-0.2, 0) is 0 Å². The molecule has 0 saturated heterocycles. The van der Waals surface area contributed by atoms with Gasteiger partial charge in [0.1, 0.15) is 0 Å². The Labute approximate surface area is 104 Å². The first-order valence-electron chi connectivity index (χ1n) is 5.04. The number of hydrogen-bond acceptors (Lipinski definition) is 2. The zero-order chi connectivity index (χ0) is 12.4. The Morgan fingerprint density at radius 1 is 1.35 bits per heavy atom. The van der Waals surface area contributed by atoms with Gasteiger partial charge in [0.15, 0.2) is 5.69 Å².